The zero-order chi connectivity index (χ0) is 8.39. The highest BCUT2D eigenvalue weighted by Gasteiger charge is 2.15. The van der Waals surface area contributed by atoms with Crippen molar-refractivity contribution >= 4 is 6.01 Å². The molecule has 0 radical (unpaired) electrons. The van der Waals surface area contributed by atoms with Gasteiger partial charge in [-0.05, 0) is 6.92 Å². The summed E-state index contributed by atoms with van der Waals surface area (Å²) in [6.07, 6.45) is 0. The molecule has 0 bridgehead atoms. The van der Waals surface area contributed by atoms with Crippen molar-refractivity contribution in [1.29, 1.82) is 0 Å². The van der Waals surface area contributed by atoms with E-state index in [1.165, 1.54) is 0 Å². The maximum absolute atomic E-state index is 5.04. The summed E-state index contributed by atoms with van der Waals surface area (Å²) in [6.45, 7) is 5.70. The first-order chi connectivity index (χ1) is 5.86. The molecule has 12 heavy (non-hydrogen) atoms. The summed E-state index contributed by atoms with van der Waals surface area (Å²) >= 11 is 0. The van der Waals surface area contributed by atoms with Crippen LogP contribution in [-0.2, 0) is 0 Å². The molecule has 66 valence electrons. The van der Waals surface area contributed by atoms with E-state index in [1.807, 2.05) is 6.92 Å². The van der Waals surface area contributed by atoms with E-state index < -0.39 is 0 Å². The van der Waals surface area contributed by atoms with Crippen LogP contribution in [0.2, 0.25) is 0 Å². The van der Waals surface area contributed by atoms with E-state index in [9.17, 15) is 0 Å². The molecular weight excluding hydrogens is 156 g/mol. The van der Waals surface area contributed by atoms with Crippen LogP contribution in [0.4, 0.5) is 6.01 Å². The summed E-state index contributed by atoms with van der Waals surface area (Å²) < 4.78 is 5.04. The molecule has 1 N–H and O–H groups in total. The number of anilines is 1. The van der Waals surface area contributed by atoms with Crippen LogP contribution in [0.15, 0.2) is 4.52 Å². The zero-order valence-corrected chi connectivity index (χ0v) is 7.08. The molecule has 0 aliphatic carbocycles. The Labute approximate surface area is 70.7 Å². The fourth-order valence-electron chi connectivity index (χ4n) is 1.27. The molecule has 1 fully saturated rings. The Hall–Kier alpha value is -1.10. The van der Waals surface area contributed by atoms with Crippen molar-refractivity contribution in [2.75, 3.05) is 31.1 Å². The number of hydrogen-bond acceptors (Lipinski definition) is 5. The van der Waals surface area contributed by atoms with E-state index in [2.05, 4.69) is 20.4 Å². The molecule has 5 nitrogen and oxygen atoms in total. The summed E-state index contributed by atoms with van der Waals surface area (Å²) in [5, 5.41) is 7.00. The first-order valence-electron chi connectivity index (χ1n) is 4.12. The lowest BCUT2D eigenvalue weighted by Crippen LogP contribution is -2.43. The lowest BCUT2D eigenvalue weighted by molar-refractivity contribution is 0.401. The second kappa shape index (κ2) is 3.10. The van der Waals surface area contributed by atoms with E-state index in [4.69, 9.17) is 4.52 Å². The van der Waals surface area contributed by atoms with Gasteiger partial charge in [-0.2, -0.15) is 4.98 Å². The molecule has 2 heterocycles. The zero-order valence-electron chi connectivity index (χ0n) is 7.08. The second-order valence-electron chi connectivity index (χ2n) is 2.86. The normalized spacial score (nSPS) is 18.2. The quantitative estimate of drug-likeness (QED) is 0.628. The van der Waals surface area contributed by atoms with Crippen LogP contribution in [0.3, 0.4) is 0 Å². The predicted molar refractivity (Wildman–Crippen MR) is 44.1 cm³/mol. The standard InChI is InChI=1S/C7H12N4O/c1-6-9-7(12-10-6)11-4-2-8-3-5-11/h8H,2-5H2,1H3. The van der Waals surface area contributed by atoms with Crippen molar-refractivity contribution in [3.8, 4) is 0 Å². The van der Waals surface area contributed by atoms with Crippen LogP contribution in [0.5, 0.6) is 0 Å². The highest BCUT2D eigenvalue weighted by Crippen LogP contribution is 2.10. The minimum atomic E-state index is 0.647. The van der Waals surface area contributed by atoms with Gasteiger partial charge in [-0.15, -0.1) is 0 Å². The minimum Gasteiger partial charge on any atom is -0.322 e. The van der Waals surface area contributed by atoms with Crippen molar-refractivity contribution in [3.05, 3.63) is 5.82 Å². The Bertz CT molecular complexity index is 254. The molecule has 1 aromatic heterocycles. The molecule has 1 aliphatic heterocycles. The maximum atomic E-state index is 5.04. The monoisotopic (exact) mass is 168 g/mol. The van der Waals surface area contributed by atoms with Gasteiger partial charge in [0.05, 0.1) is 0 Å². The molecule has 0 spiro atoms. The molecule has 1 aromatic rings. The van der Waals surface area contributed by atoms with Crippen LogP contribution in [0.1, 0.15) is 5.82 Å². The van der Waals surface area contributed by atoms with Gasteiger partial charge < -0.3 is 14.7 Å². The van der Waals surface area contributed by atoms with Gasteiger partial charge in [0.1, 0.15) is 0 Å². The average molecular weight is 168 g/mol. The summed E-state index contributed by atoms with van der Waals surface area (Å²) in [6, 6.07) is 0.647. The van der Waals surface area contributed by atoms with Crippen LogP contribution in [0.25, 0.3) is 0 Å². The molecule has 0 atom stereocenters. The molecule has 0 aromatic carbocycles. The lowest BCUT2D eigenvalue weighted by atomic mass is 10.4. The smallest absolute Gasteiger partial charge is 0.322 e. The molecular formula is C7H12N4O. The number of aryl methyl sites for hydroxylation is 1. The molecule has 1 aliphatic rings. The third-order valence-electron chi connectivity index (χ3n) is 1.90. The largest absolute Gasteiger partial charge is 0.324 e. The first kappa shape index (κ1) is 7.54. The molecule has 0 amide bonds. The number of rotatable bonds is 1. The van der Waals surface area contributed by atoms with Crippen LogP contribution >= 0.6 is 0 Å². The molecule has 0 saturated carbocycles. The number of hydrogen-bond donors (Lipinski definition) is 1. The summed E-state index contributed by atoms with van der Waals surface area (Å²) in [5.74, 6) is 0.698. The second-order valence-corrected chi connectivity index (χ2v) is 2.86. The molecule has 1 saturated heterocycles. The van der Waals surface area contributed by atoms with Crippen molar-refractivity contribution in [2.24, 2.45) is 0 Å². The topological polar surface area (TPSA) is 54.2 Å². The highest BCUT2D eigenvalue weighted by atomic mass is 16.5. The van der Waals surface area contributed by atoms with Gasteiger partial charge in [0.15, 0.2) is 5.82 Å². The van der Waals surface area contributed by atoms with Crippen LogP contribution in [0, 0.1) is 6.92 Å². The predicted octanol–water partition coefficient (Wildman–Crippen LogP) is -0.212. The average Bonchev–Trinajstić information content (AvgIpc) is 2.54. The Morgan fingerprint density at radius 3 is 2.75 bits per heavy atom. The van der Waals surface area contributed by atoms with Crippen LogP contribution in [-0.4, -0.2) is 36.3 Å². The van der Waals surface area contributed by atoms with Gasteiger partial charge >= 0.3 is 6.01 Å². The minimum absolute atomic E-state index is 0.647. The van der Waals surface area contributed by atoms with Gasteiger partial charge in [0.2, 0.25) is 0 Å². The van der Waals surface area contributed by atoms with Gasteiger partial charge in [-0.1, -0.05) is 5.16 Å². The summed E-state index contributed by atoms with van der Waals surface area (Å²) in [4.78, 5) is 6.25. The SMILES string of the molecule is Cc1noc(N2CCNCC2)n1. The Morgan fingerprint density at radius 2 is 2.17 bits per heavy atom. The van der Waals surface area contributed by atoms with Gasteiger partial charge in [0, 0.05) is 26.2 Å². The number of nitrogens with zero attached hydrogens (tertiary/aromatic N) is 3. The summed E-state index contributed by atoms with van der Waals surface area (Å²) in [7, 11) is 0. The maximum Gasteiger partial charge on any atom is 0.324 e. The fourth-order valence-corrected chi connectivity index (χ4v) is 1.27. The molecule has 2 rings (SSSR count). The van der Waals surface area contributed by atoms with E-state index in [0.717, 1.165) is 26.2 Å². The highest BCUT2D eigenvalue weighted by molar-refractivity contribution is 5.25. The van der Waals surface area contributed by atoms with Gasteiger partial charge in [0.25, 0.3) is 0 Å². The molecule has 5 heteroatoms. The third kappa shape index (κ3) is 1.40. The fraction of sp³-hybridized carbons (Fsp3) is 0.714. The summed E-state index contributed by atoms with van der Waals surface area (Å²) in [5.41, 5.74) is 0. The first-order valence-corrected chi connectivity index (χ1v) is 4.12. The van der Waals surface area contributed by atoms with Gasteiger partial charge in [-0.25, -0.2) is 0 Å². The number of nitrogens with one attached hydrogen (secondary N) is 1. The van der Waals surface area contributed by atoms with Crippen LogP contribution < -0.4 is 10.2 Å². The Kier molecular flexibility index (Phi) is 1.95. The number of aromatic nitrogens is 2. The van der Waals surface area contributed by atoms with E-state index in [1.54, 1.807) is 0 Å². The van der Waals surface area contributed by atoms with Gasteiger partial charge in [-0.3, -0.25) is 0 Å². The Morgan fingerprint density at radius 1 is 1.42 bits per heavy atom. The van der Waals surface area contributed by atoms with E-state index in [-0.39, 0.29) is 0 Å². The lowest BCUT2D eigenvalue weighted by Gasteiger charge is -2.24. The van der Waals surface area contributed by atoms with Crippen molar-refractivity contribution in [1.82, 2.24) is 15.5 Å². The molecule has 0 unspecified atom stereocenters. The third-order valence-corrected chi connectivity index (χ3v) is 1.90. The Balaban J connectivity index is 2.08. The van der Waals surface area contributed by atoms with Crippen molar-refractivity contribution in [2.45, 2.75) is 6.92 Å². The van der Waals surface area contributed by atoms with Crippen molar-refractivity contribution in [3.63, 3.8) is 0 Å². The van der Waals surface area contributed by atoms with Crippen molar-refractivity contribution < 1.29 is 4.52 Å². The van der Waals surface area contributed by atoms with E-state index in [0.29, 0.717) is 11.8 Å². The number of piperazine rings is 1. The van der Waals surface area contributed by atoms with E-state index >= 15 is 0 Å².